The van der Waals surface area contributed by atoms with E-state index in [1.165, 1.54) is 13.1 Å². The van der Waals surface area contributed by atoms with Gasteiger partial charge in [0.2, 0.25) is 0 Å². The topological polar surface area (TPSA) is 17.1 Å². The van der Waals surface area contributed by atoms with Crippen molar-refractivity contribution in [3.05, 3.63) is 126 Å². The molecule has 4 aromatic rings. The van der Waals surface area contributed by atoms with Gasteiger partial charge in [-0.15, -0.1) is 0 Å². The van der Waals surface area contributed by atoms with Crippen molar-refractivity contribution in [2.24, 2.45) is 0 Å². The average molecular weight is 460 g/mol. The molecule has 0 radical (unpaired) electrons. The number of rotatable bonds is 6. The Morgan fingerprint density at radius 1 is 0.586 bits per heavy atom. The van der Waals surface area contributed by atoms with Gasteiger partial charge in [-0.3, -0.25) is 0 Å². The van der Waals surface area contributed by atoms with E-state index in [2.05, 4.69) is 72.8 Å². The summed E-state index contributed by atoms with van der Waals surface area (Å²) >= 11 is 3.00. The fourth-order valence-electron chi connectivity index (χ4n) is 3.71. The zero-order valence-corrected chi connectivity index (χ0v) is 18.5. The molecule has 0 bridgehead atoms. The van der Waals surface area contributed by atoms with Gasteiger partial charge in [0.1, 0.15) is 0 Å². The van der Waals surface area contributed by atoms with Crippen LogP contribution in [0.5, 0.6) is 0 Å². The van der Waals surface area contributed by atoms with Crippen molar-refractivity contribution in [2.75, 3.05) is 0 Å². The van der Waals surface area contributed by atoms with E-state index in [-0.39, 0.29) is 5.78 Å². The zero-order valence-electron chi connectivity index (χ0n) is 15.9. The van der Waals surface area contributed by atoms with Crippen LogP contribution in [0.1, 0.15) is 10.4 Å². The molecule has 0 spiro atoms. The second kappa shape index (κ2) is 8.82. The van der Waals surface area contributed by atoms with Crippen molar-refractivity contribution < 1.29 is 4.79 Å². The Hall–Kier alpha value is -2.60. The molecule has 0 aliphatic heterocycles. The summed E-state index contributed by atoms with van der Waals surface area (Å²) in [6.07, 6.45) is 0. The van der Waals surface area contributed by atoms with E-state index >= 15 is 0 Å². The standard InChI is InChI=1S/C26H21AsClO/c28-25-18-16-21(17-19-25)26(29)20-27(22-10-4-1-5-11-22,23-12-6-2-7-13-23)24-14-8-3-9-15-24/h1-19H,20H2/q+1. The van der Waals surface area contributed by atoms with Crippen LogP contribution in [0.4, 0.5) is 0 Å². The van der Waals surface area contributed by atoms with Gasteiger partial charge in [-0.2, -0.15) is 0 Å². The van der Waals surface area contributed by atoms with Crippen LogP contribution in [0.2, 0.25) is 10.2 Å². The van der Waals surface area contributed by atoms with E-state index in [4.69, 9.17) is 11.6 Å². The fraction of sp³-hybridized carbons (Fsp3) is 0.0385. The second-order valence-electron chi connectivity index (χ2n) is 6.90. The van der Waals surface area contributed by atoms with Crippen LogP contribution in [0.15, 0.2) is 115 Å². The van der Waals surface area contributed by atoms with E-state index in [1.807, 2.05) is 30.3 Å². The van der Waals surface area contributed by atoms with Crippen molar-refractivity contribution in [3.8, 4) is 0 Å². The van der Waals surface area contributed by atoms with Gasteiger partial charge in [0.05, 0.1) is 0 Å². The van der Waals surface area contributed by atoms with Crippen molar-refractivity contribution in [3.63, 3.8) is 0 Å². The summed E-state index contributed by atoms with van der Waals surface area (Å²) in [5.74, 6) is 0.158. The number of ketones is 1. The Morgan fingerprint density at radius 3 is 1.34 bits per heavy atom. The first-order valence-corrected chi connectivity index (χ1v) is 14.1. The summed E-state index contributed by atoms with van der Waals surface area (Å²) in [5.41, 5.74) is 0.711. The molecule has 0 amide bonds. The molecule has 0 aromatic heterocycles. The predicted molar refractivity (Wildman–Crippen MR) is 125 cm³/mol. The van der Waals surface area contributed by atoms with Gasteiger partial charge < -0.3 is 0 Å². The summed E-state index contributed by atoms with van der Waals surface area (Å²) in [5, 5.41) is 1.14. The maximum atomic E-state index is 13.5. The van der Waals surface area contributed by atoms with E-state index in [9.17, 15) is 4.79 Å². The molecule has 0 N–H and O–H groups in total. The van der Waals surface area contributed by atoms with E-state index in [0.29, 0.717) is 15.8 Å². The molecule has 0 heterocycles. The number of hydrogen-bond acceptors (Lipinski definition) is 1. The number of Topliss-reactive ketones (excluding diaryl/α,β-unsaturated/α-hetero) is 1. The Balaban J connectivity index is 1.92. The summed E-state index contributed by atoms with van der Waals surface area (Å²) in [6.45, 7) is 0. The Morgan fingerprint density at radius 2 is 0.966 bits per heavy atom. The fourth-order valence-corrected chi connectivity index (χ4v) is 12.4. The monoisotopic (exact) mass is 459 g/mol. The van der Waals surface area contributed by atoms with Crippen LogP contribution >= 0.6 is 11.6 Å². The van der Waals surface area contributed by atoms with Gasteiger partial charge in [0, 0.05) is 0 Å². The number of carbonyl (C=O) groups is 1. The number of hydrogen-bond donors (Lipinski definition) is 0. The number of benzene rings is 4. The van der Waals surface area contributed by atoms with Crippen molar-refractivity contribution in [2.45, 2.75) is 5.21 Å². The van der Waals surface area contributed by atoms with Gasteiger partial charge in [0.25, 0.3) is 0 Å². The third-order valence-electron chi connectivity index (χ3n) is 5.14. The molecule has 4 rings (SSSR count). The molecule has 0 aliphatic carbocycles. The average Bonchev–Trinajstić information content (AvgIpc) is 2.79. The Labute approximate surface area is 179 Å². The van der Waals surface area contributed by atoms with Gasteiger partial charge in [-0.25, -0.2) is 0 Å². The number of halogens is 1. The van der Waals surface area contributed by atoms with Crippen molar-refractivity contribution in [1.29, 1.82) is 0 Å². The van der Waals surface area contributed by atoms with Crippen LogP contribution in [0.3, 0.4) is 0 Å². The molecule has 0 fully saturated rings. The summed E-state index contributed by atoms with van der Waals surface area (Å²) in [7, 11) is 0. The summed E-state index contributed by atoms with van der Waals surface area (Å²) in [4.78, 5) is 13.5. The maximum absolute atomic E-state index is 13.5. The molecule has 0 saturated heterocycles. The van der Waals surface area contributed by atoms with Gasteiger partial charge in [-0.1, -0.05) is 0 Å². The van der Waals surface area contributed by atoms with Gasteiger partial charge in [-0.05, 0) is 0 Å². The first kappa shape index (κ1) is 19.7. The van der Waals surface area contributed by atoms with E-state index < -0.39 is 13.6 Å². The van der Waals surface area contributed by atoms with Crippen molar-refractivity contribution in [1.82, 2.24) is 0 Å². The first-order chi connectivity index (χ1) is 14.2. The normalized spacial score (nSPS) is 11.2. The zero-order chi connectivity index (χ0) is 20.1. The van der Waals surface area contributed by atoms with Gasteiger partial charge >= 0.3 is 180 Å². The van der Waals surface area contributed by atoms with Crippen LogP contribution in [0.25, 0.3) is 0 Å². The molecular weight excluding hydrogens is 439 g/mol. The summed E-state index contributed by atoms with van der Waals surface area (Å²) in [6, 6.07) is 38.9. The molecule has 142 valence electrons. The molecule has 0 unspecified atom stereocenters. The molecule has 29 heavy (non-hydrogen) atoms. The minimum absolute atomic E-state index is 0.158. The summed E-state index contributed by atoms with van der Waals surface area (Å²) < 4.78 is 3.81. The molecule has 0 atom stereocenters. The van der Waals surface area contributed by atoms with E-state index in [0.717, 1.165) is 0 Å². The molecule has 1 nitrogen and oxygen atoms in total. The van der Waals surface area contributed by atoms with Crippen LogP contribution in [-0.2, 0) is 0 Å². The molecule has 0 aliphatic rings. The van der Waals surface area contributed by atoms with Crippen LogP contribution in [0, 0.1) is 0 Å². The molecule has 3 heteroatoms. The first-order valence-electron chi connectivity index (χ1n) is 9.54. The van der Waals surface area contributed by atoms with Crippen LogP contribution < -0.4 is 13.1 Å². The molecule has 4 aromatic carbocycles. The molecule has 0 saturated carbocycles. The van der Waals surface area contributed by atoms with Crippen LogP contribution in [-0.4, -0.2) is 19.3 Å². The SMILES string of the molecule is O=C(C[As+](c1ccccc1)(c1ccccc1)c1ccccc1)c1ccc(Cl)cc1. The Kier molecular flexibility index (Phi) is 5.99. The van der Waals surface area contributed by atoms with Crippen molar-refractivity contribution >= 4 is 44.0 Å². The second-order valence-corrected chi connectivity index (χ2v) is 14.7. The van der Waals surface area contributed by atoms with E-state index in [1.54, 1.807) is 12.1 Å². The quantitative estimate of drug-likeness (QED) is 0.302. The third kappa shape index (κ3) is 4.08. The molecular formula is C26H21AsClO+. The number of carbonyl (C=O) groups excluding carboxylic acids is 1. The minimum atomic E-state index is -3.04. The Bertz CT molecular complexity index is 981. The third-order valence-corrected chi connectivity index (χ3v) is 14.4. The predicted octanol–water partition coefficient (Wildman–Crippen LogP) is 4.69. The van der Waals surface area contributed by atoms with Gasteiger partial charge in [0.15, 0.2) is 0 Å².